The number of hydrogen-bond acceptors (Lipinski definition) is 5. The van der Waals surface area contributed by atoms with E-state index in [1.54, 1.807) is 0 Å². The van der Waals surface area contributed by atoms with Gasteiger partial charge in [0, 0.05) is 38.6 Å². The summed E-state index contributed by atoms with van der Waals surface area (Å²) in [5.41, 5.74) is 13.7. The molecule has 3 aromatic heterocycles. The molecule has 0 aliphatic rings. The molecule has 0 N–H and O–H groups in total. The fourth-order valence-electron chi connectivity index (χ4n) is 8.00. The van der Waals surface area contributed by atoms with Gasteiger partial charge in [-0.3, -0.25) is 0 Å². The van der Waals surface area contributed by atoms with Crippen molar-refractivity contribution in [1.82, 2.24) is 19.9 Å². The Hall–Kier alpha value is -8.02. The number of rotatable bonds is 7. The number of fused-ring (bicyclic) bond motifs is 5. The Labute approximate surface area is 341 Å². The predicted molar refractivity (Wildman–Crippen MR) is 240 cm³/mol. The minimum atomic E-state index is 0.587. The highest BCUT2D eigenvalue weighted by atomic mass is 16.3. The van der Waals surface area contributed by atoms with E-state index >= 15 is 0 Å². The molecule has 0 aliphatic carbocycles. The topological polar surface area (TPSA) is 64.7 Å². The monoisotopic (exact) mass is 754 g/mol. The lowest BCUT2D eigenvalue weighted by Crippen LogP contribution is -2.00. The van der Waals surface area contributed by atoms with Crippen LogP contribution in [-0.4, -0.2) is 19.9 Å². The Balaban J connectivity index is 1.06. The minimum absolute atomic E-state index is 0.587. The van der Waals surface area contributed by atoms with E-state index in [2.05, 4.69) is 176 Å². The summed E-state index contributed by atoms with van der Waals surface area (Å²) in [6.45, 7) is 0. The predicted octanol–water partition coefficient (Wildman–Crippen LogP) is 14.0. The number of furan rings is 1. The van der Waals surface area contributed by atoms with Crippen molar-refractivity contribution < 1.29 is 4.42 Å². The summed E-state index contributed by atoms with van der Waals surface area (Å²) in [7, 11) is 0. The highest BCUT2D eigenvalue weighted by molar-refractivity contribution is 6.20. The van der Waals surface area contributed by atoms with E-state index in [1.165, 1.54) is 0 Å². The standard InChI is InChI=1S/C54H34N4O/c1-4-14-35(15-5-1)37-26-30-40(31-27-37)52-56-53(41-32-28-38(29-33-41)36-16-6-2-7-17-36)58-54(57-52)43-21-12-20-42(34-43)44-23-13-24-46-50(44)55-49(39-18-8-3-9-19-39)48-45-22-10-11-25-47(45)59-51(46)48/h1-34H. The summed E-state index contributed by atoms with van der Waals surface area (Å²) in [5.74, 6) is 1.80. The van der Waals surface area contributed by atoms with Crippen LogP contribution in [0.25, 0.3) is 112 Å². The zero-order valence-electron chi connectivity index (χ0n) is 31.8. The molecule has 0 spiro atoms. The zero-order valence-corrected chi connectivity index (χ0v) is 31.8. The quantitative estimate of drug-likeness (QED) is 0.162. The number of hydrogen-bond donors (Lipinski definition) is 0. The summed E-state index contributed by atoms with van der Waals surface area (Å²) >= 11 is 0. The lowest BCUT2D eigenvalue weighted by atomic mass is 9.97. The van der Waals surface area contributed by atoms with Crippen molar-refractivity contribution in [3.63, 3.8) is 0 Å². The molecule has 0 amide bonds. The summed E-state index contributed by atoms with van der Waals surface area (Å²) in [6.07, 6.45) is 0. The lowest BCUT2D eigenvalue weighted by molar-refractivity contribution is 0.672. The van der Waals surface area contributed by atoms with Crippen LogP contribution in [0, 0.1) is 0 Å². The van der Waals surface area contributed by atoms with E-state index in [9.17, 15) is 0 Å². The Bertz CT molecular complexity index is 3190. The van der Waals surface area contributed by atoms with Crippen molar-refractivity contribution in [2.24, 2.45) is 0 Å². The molecule has 59 heavy (non-hydrogen) atoms. The van der Waals surface area contributed by atoms with Crippen molar-refractivity contribution in [2.75, 3.05) is 0 Å². The van der Waals surface area contributed by atoms with Gasteiger partial charge >= 0.3 is 0 Å². The van der Waals surface area contributed by atoms with Gasteiger partial charge in [-0.2, -0.15) is 0 Å². The van der Waals surface area contributed by atoms with Gasteiger partial charge in [-0.1, -0.05) is 188 Å². The first-order chi connectivity index (χ1) is 29.2. The smallest absolute Gasteiger partial charge is 0.164 e. The summed E-state index contributed by atoms with van der Waals surface area (Å²) in [4.78, 5) is 20.8. The van der Waals surface area contributed by atoms with Crippen molar-refractivity contribution in [2.45, 2.75) is 0 Å². The molecule has 0 saturated heterocycles. The van der Waals surface area contributed by atoms with Crippen LogP contribution in [0.3, 0.4) is 0 Å². The molecule has 0 fully saturated rings. The van der Waals surface area contributed by atoms with Crippen molar-refractivity contribution >= 4 is 32.8 Å². The fourth-order valence-corrected chi connectivity index (χ4v) is 8.00. The molecule has 8 aromatic carbocycles. The van der Waals surface area contributed by atoms with Gasteiger partial charge in [-0.25, -0.2) is 19.9 Å². The maximum atomic E-state index is 6.62. The van der Waals surface area contributed by atoms with Gasteiger partial charge in [0.05, 0.1) is 16.6 Å². The van der Waals surface area contributed by atoms with E-state index in [0.717, 1.165) is 94.2 Å². The molecule has 5 nitrogen and oxygen atoms in total. The van der Waals surface area contributed by atoms with Crippen LogP contribution in [0.4, 0.5) is 0 Å². The van der Waals surface area contributed by atoms with Crippen LogP contribution in [0.5, 0.6) is 0 Å². The summed E-state index contributed by atoms with van der Waals surface area (Å²) in [6, 6.07) is 70.9. The third-order valence-corrected chi connectivity index (χ3v) is 11.0. The van der Waals surface area contributed by atoms with Crippen LogP contribution in [0.1, 0.15) is 0 Å². The number of para-hydroxylation sites is 2. The van der Waals surface area contributed by atoms with Gasteiger partial charge in [0.25, 0.3) is 0 Å². The van der Waals surface area contributed by atoms with Gasteiger partial charge in [-0.15, -0.1) is 0 Å². The first kappa shape index (κ1) is 34.2. The molecule has 0 unspecified atom stereocenters. The molecular weight excluding hydrogens is 721 g/mol. The third kappa shape index (κ3) is 6.32. The van der Waals surface area contributed by atoms with Crippen LogP contribution in [0.2, 0.25) is 0 Å². The Morgan fingerprint density at radius 2 is 0.746 bits per heavy atom. The lowest BCUT2D eigenvalue weighted by Gasteiger charge is -2.12. The van der Waals surface area contributed by atoms with E-state index in [1.807, 2.05) is 30.3 Å². The first-order valence-electron chi connectivity index (χ1n) is 19.7. The maximum absolute atomic E-state index is 6.62. The number of nitrogens with zero attached hydrogens (tertiary/aromatic N) is 4. The van der Waals surface area contributed by atoms with Crippen molar-refractivity contribution in [3.05, 3.63) is 206 Å². The van der Waals surface area contributed by atoms with Crippen LogP contribution < -0.4 is 0 Å². The van der Waals surface area contributed by atoms with Gasteiger partial charge in [-0.05, 0) is 46.0 Å². The van der Waals surface area contributed by atoms with Crippen molar-refractivity contribution in [3.8, 4) is 78.8 Å². The van der Waals surface area contributed by atoms with E-state index in [-0.39, 0.29) is 0 Å². The van der Waals surface area contributed by atoms with Crippen LogP contribution >= 0.6 is 0 Å². The SMILES string of the molecule is c1ccc(-c2ccc(-c3nc(-c4ccc(-c5ccccc5)cc4)nc(-c4cccc(-c5cccc6c5nc(-c5ccccc5)c5c7ccccc7oc65)c4)n3)cc2)cc1. The largest absolute Gasteiger partial charge is 0.455 e. The molecule has 11 rings (SSSR count). The third-order valence-electron chi connectivity index (χ3n) is 11.0. The number of benzene rings is 8. The van der Waals surface area contributed by atoms with Gasteiger partial charge in [0.15, 0.2) is 17.5 Å². The molecular formula is C54H34N4O. The average molecular weight is 755 g/mol. The Morgan fingerprint density at radius 1 is 0.305 bits per heavy atom. The van der Waals surface area contributed by atoms with E-state index in [0.29, 0.717) is 17.5 Å². The fraction of sp³-hybridized carbons (Fsp3) is 0. The normalized spacial score (nSPS) is 11.4. The van der Waals surface area contributed by atoms with E-state index < -0.39 is 0 Å². The second kappa shape index (κ2) is 14.5. The molecule has 0 bridgehead atoms. The Kier molecular flexibility index (Phi) is 8.41. The van der Waals surface area contributed by atoms with Gasteiger partial charge in [0.2, 0.25) is 0 Å². The molecule has 11 aromatic rings. The highest BCUT2D eigenvalue weighted by Crippen LogP contribution is 2.42. The molecule has 0 atom stereocenters. The van der Waals surface area contributed by atoms with Crippen molar-refractivity contribution in [1.29, 1.82) is 0 Å². The number of aromatic nitrogens is 4. The molecule has 3 heterocycles. The maximum Gasteiger partial charge on any atom is 0.164 e. The molecule has 0 aliphatic heterocycles. The minimum Gasteiger partial charge on any atom is -0.455 e. The van der Waals surface area contributed by atoms with Gasteiger partial charge < -0.3 is 4.42 Å². The molecule has 0 saturated carbocycles. The second-order valence-electron chi connectivity index (χ2n) is 14.6. The van der Waals surface area contributed by atoms with E-state index in [4.69, 9.17) is 24.4 Å². The number of pyridine rings is 1. The molecule has 276 valence electrons. The highest BCUT2D eigenvalue weighted by Gasteiger charge is 2.20. The van der Waals surface area contributed by atoms with Crippen LogP contribution in [0.15, 0.2) is 211 Å². The average Bonchev–Trinajstić information content (AvgIpc) is 3.72. The molecule has 5 heteroatoms. The zero-order chi connectivity index (χ0) is 39.1. The summed E-state index contributed by atoms with van der Waals surface area (Å²) < 4.78 is 6.62. The Morgan fingerprint density at radius 3 is 1.36 bits per heavy atom. The van der Waals surface area contributed by atoms with Gasteiger partial charge in [0.1, 0.15) is 11.2 Å². The van der Waals surface area contributed by atoms with Crippen LogP contribution in [-0.2, 0) is 0 Å². The molecule has 0 radical (unpaired) electrons. The summed E-state index contributed by atoms with van der Waals surface area (Å²) in [5, 5.41) is 3.03. The first-order valence-corrected chi connectivity index (χ1v) is 19.7. The second-order valence-corrected chi connectivity index (χ2v) is 14.6.